The van der Waals surface area contributed by atoms with Gasteiger partial charge in [-0.05, 0) is 87.0 Å². The number of nitrogens with zero attached hydrogens (tertiary/aromatic N) is 2. The highest BCUT2D eigenvalue weighted by Gasteiger charge is 2.39. The Hall–Kier alpha value is -3.50. The Kier molecular flexibility index (Phi) is 8.75. The highest BCUT2D eigenvalue weighted by Crippen LogP contribution is 2.29. The number of aromatic carboxylic acids is 1. The molecule has 11 nitrogen and oxygen atoms in total. The van der Waals surface area contributed by atoms with Crippen LogP contribution in [0.2, 0.25) is 38.3 Å². The second-order valence-electron chi connectivity index (χ2n) is 11.6. The van der Waals surface area contributed by atoms with Crippen LogP contribution in [0.15, 0.2) is 36.4 Å². The molecule has 2 N–H and O–H groups in total. The molecule has 0 bridgehead atoms. The molecule has 2 heterocycles. The van der Waals surface area contributed by atoms with E-state index in [1.165, 1.54) is 28.0 Å². The van der Waals surface area contributed by atoms with Gasteiger partial charge in [-0.1, -0.05) is 6.07 Å². The second-order valence-corrected chi connectivity index (χ2v) is 20.4. The Morgan fingerprint density at radius 1 is 0.732 bits per heavy atom. The minimum absolute atomic E-state index is 0.0360. The fourth-order valence-corrected chi connectivity index (χ4v) is 14.3. The SMILES string of the molecule is C[Si](C)(CCCN1C(=O)c2ccc(COO)cc2C1=O)O[Si](C)(C)CCCN1C(=O)c2ccc(C(=O)O)cc2C1=O. The van der Waals surface area contributed by atoms with E-state index in [1.807, 2.05) is 0 Å². The van der Waals surface area contributed by atoms with E-state index in [0.717, 1.165) is 12.1 Å². The molecule has 0 unspecified atom stereocenters. The van der Waals surface area contributed by atoms with Gasteiger partial charge in [-0.15, -0.1) is 0 Å². The van der Waals surface area contributed by atoms with Gasteiger partial charge in [0.1, 0.15) is 6.61 Å². The monoisotopic (exact) mass is 598 g/mol. The van der Waals surface area contributed by atoms with Crippen LogP contribution in [-0.4, -0.2) is 79.5 Å². The first-order valence-corrected chi connectivity index (χ1v) is 19.7. The molecule has 2 aromatic rings. The quantitative estimate of drug-likeness (QED) is 0.147. The normalized spacial score (nSPS) is 15.1. The Labute approximate surface area is 239 Å². The van der Waals surface area contributed by atoms with Crippen molar-refractivity contribution in [1.29, 1.82) is 0 Å². The minimum atomic E-state index is -2.18. The van der Waals surface area contributed by atoms with E-state index >= 15 is 0 Å². The van der Waals surface area contributed by atoms with E-state index in [9.17, 15) is 29.1 Å². The number of hydrogen-bond donors (Lipinski definition) is 2. The van der Waals surface area contributed by atoms with Crippen LogP contribution in [0.3, 0.4) is 0 Å². The number of hydrogen-bond acceptors (Lipinski definition) is 8. The van der Waals surface area contributed by atoms with Crippen LogP contribution in [0.4, 0.5) is 0 Å². The van der Waals surface area contributed by atoms with Crippen LogP contribution in [0.25, 0.3) is 0 Å². The second kappa shape index (κ2) is 11.8. The van der Waals surface area contributed by atoms with E-state index in [2.05, 4.69) is 31.1 Å². The number of carboxylic acid groups (broad SMARTS) is 1. The molecule has 2 aliphatic rings. The lowest BCUT2D eigenvalue weighted by Crippen LogP contribution is -2.45. The fourth-order valence-electron chi connectivity index (χ4n) is 5.51. The highest BCUT2D eigenvalue weighted by molar-refractivity contribution is 6.84. The number of carbonyl (C=O) groups excluding carboxylic acids is 4. The summed E-state index contributed by atoms with van der Waals surface area (Å²) < 4.78 is 6.67. The van der Waals surface area contributed by atoms with Crippen LogP contribution in [0, 0.1) is 0 Å². The Morgan fingerprint density at radius 3 is 1.68 bits per heavy atom. The minimum Gasteiger partial charge on any atom is -0.478 e. The van der Waals surface area contributed by atoms with Gasteiger partial charge >= 0.3 is 5.97 Å². The van der Waals surface area contributed by atoms with Crippen molar-refractivity contribution in [2.45, 2.75) is 57.7 Å². The molecule has 0 fully saturated rings. The van der Waals surface area contributed by atoms with Gasteiger partial charge in [0.2, 0.25) is 0 Å². The van der Waals surface area contributed by atoms with Crippen molar-refractivity contribution >= 4 is 46.2 Å². The molecule has 4 amide bonds. The summed E-state index contributed by atoms with van der Waals surface area (Å²) in [5.74, 6) is -2.73. The number of carboxylic acids is 1. The van der Waals surface area contributed by atoms with E-state index in [4.69, 9.17) is 9.37 Å². The lowest BCUT2D eigenvalue weighted by molar-refractivity contribution is -0.253. The molecule has 41 heavy (non-hydrogen) atoms. The number of benzene rings is 2. The molecular formula is C28H34N2O9Si2. The molecule has 13 heteroatoms. The number of rotatable bonds is 13. The largest absolute Gasteiger partial charge is 0.478 e. The Morgan fingerprint density at radius 2 is 1.20 bits per heavy atom. The molecule has 4 rings (SSSR count). The number of carbonyl (C=O) groups is 5. The predicted molar refractivity (Wildman–Crippen MR) is 153 cm³/mol. The van der Waals surface area contributed by atoms with Crippen molar-refractivity contribution in [2.75, 3.05) is 13.1 Å². The van der Waals surface area contributed by atoms with E-state index in [0.29, 0.717) is 29.5 Å². The van der Waals surface area contributed by atoms with Gasteiger partial charge in [0, 0.05) is 13.1 Å². The molecule has 0 aliphatic carbocycles. The van der Waals surface area contributed by atoms with Crippen molar-refractivity contribution in [1.82, 2.24) is 9.80 Å². The fraction of sp³-hybridized carbons (Fsp3) is 0.393. The standard InChI is InChI=1S/C28H34N2O9Si2/c1-40(2,13-5-11-29-24(31)20-9-7-18(17-38-37)15-22(20)26(29)33)39-41(3,4)14-6-12-30-25(32)21-10-8-19(28(35)36)16-23(21)27(30)34/h7-10,15-16,37H,5-6,11-14,17H2,1-4H3,(H,35,36). The van der Waals surface area contributed by atoms with Gasteiger partial charge in [-0.25, -0.2) is 9.68 Å². The summed E-state index contributed by atoms with van der Waals surface area (Å²) >= 11 is 0. The summed E-state index contributed by atoms with van der Waals surface area (Å²) in [4.78, 5) is 69.0. The zero-order chi connectivity index (χ0) is 30.1. The average Bonchev–Trinajstić information content (AvgIpc) is 3.27. The summed E-state index contributed by atoms with van der Waals surface area (Å²) in [6.45, 7) is 8.84. The summed E-state index contributed by atoms with van der Waals surface area (Å²) in [7, 11) is -4.34. The van der Waals surface area contributed by atoms with Crippen LogP contribution in [0.5, 0.6) is 0 Å². The van der Waals surface area contributed by atoms with Crippen molar-refractivity contribution in [3.8, 4) is 0 Å². The Bertz CT molecular complexity index is 1420. The molecule has 0 saturated heterocycles. The van der Waals surface area contributed by atoms with Crippen LogP contribution < -0.4 is 0 Å². The van der Waals surface area contributed by atoms with Crippen LogP contribution >= 0.6 is 0 Å². The van der Waals surface area contributed by atoms with Gasteiger partial charge in [0.05, 0.1) is 27.8 Å². The van der Waals surface area contributed by atoms with Crippen molar-refractivity contribution < 1.29 is 43.3 Å². The lowest BCUT2D eigenvalue weighted by Gasteiger charge is -2.34. The average molecular weight is 599 g/mol. The summed E-state index contributed by atoms with van der Waals surface area (Å²) in [5, 5.41) is 17.9. The van der Waals surface area contributed by atoms with Crippen molar-refractivity contribution in [2.24, 2.45) is 0 Å². The maximum atomic E-state index is 12.9. The third-order valence-corrected chi connectivity index (χ3v) is 14.9. The molecule has 218 valence electrons. The van der Waals surface area contributed by atoms with Crippen LogP contribution in [-0.2, 0) is 15.6 Å². The zero-order valence-electron chi connectivity index (χ0n) is 23.6. The summed E-state index contributed by atoms with van der Waals surface area (Å²) in [5.41, 5.74) is 1.56. The van der Waals surface area contributed by atoms with Crippen molar-refractivity contribution in [3.05, 3.63) is 69.8 Å². The molecule has 0 aromatic heterocycles. The highest BCUT2D eigenvalue weighted by atomic mass is 28.4. The summed E-state index contributed by atoms with van der Waals surface area (Å²) in [6.07, 6.45) is 1.18. The maximum Gasteiger partial charge on any atom is 0.335 e. The predicted octanol–water partition coefficient (Wildman–Crippen LogP) is 4.47. The first-order valence-electron chi connectivity index (χ1n) is 13.4. The van der Waals surface area contributed by atoms with Gasteiger partial charge in [-0.3, -0.25) is 34.2 Å². The van der Waals surface area contributed by atoms with Gasteiger partial charge < -0.3 is 9.22 Å². The number of fused-ring (bicyclic) bond motifs is 2. The topological polar surface area (TPSA) is 151 Å². The number of imide groups is 2. The Balaban J connectivity index is 1.26. The van der Waals surface area contributed by atoms with E-state index in [-0.39, 0.29) is 48.2 Å². The van der Waals surface area contributed by atoms with Crippen LogP contribution in [0.1, 0.15) is 70.2 Å². The lowest BCUT2D eigenvalue weighted by atomic mass is 10.1. The van der Waals surface area contributed by atoms with E-state index < -0.39 is 34.4 Å². The third kappa shape index (κ3) is 6.54. The number of amides is 4. The zero-order valence-corrected chi connectivity index (χ0v) is 25.6. The summed E-state index contributed by atoms with van der Waals surface area (Å²) in [6, 6.07) is 10.2. The molecule has 0 spiro atoms. The first kappa shape index (κ1) is 30.5. The smallest absolute Gasteiger partial charge is 0.335 e. The van der Waals surface area contributed by atoms with Gasteiger partial charge in [-0.2, -0.15) is 0 Å². The third-order valence-electron chi connectivity index (χ3n) is 7.36. The van der Waals surface area contributed by atoms with Crippen molar-refractivity contribution in [3.63, 3.8) is 0 Å². The van der Waals surface area contributed by atoms with E-state index in [1.54, 1.807) is 18.2 Å². The molecule has 0 atom stereocenters. The first-order chi connectivity index (χ1) is 19.2. The molecule has 2 aliphatic heterocycles. The maximum absolute atomic E-state index is 12.9. The molecule has 2 aromatic carbocycles. The van der Waals surface area contributed by atoms with Gasteiger partial charge in [0.25, 0.3) is 23.6 Å². The molecular weight excluding hydrogens is 564 g/mol. The van der Waals surface area contributed by atoms with Gasteiger partial charge in [0.15, 0.2) is 16.6 Å². The molecule has 0 radical (unpaired) electrons. The molecule has 0 saturated carbocycles.